The van der Waals surface area contributed by atoms with Gasteiger partial charge in [0.25, 0.3) is 5.91 Å². The van der Waals surface area contributed by atoms with Gasteiger partial charge in [-0.2, -0.15) is 0 Å². The van der Waals surface area contributed by atoms with Crippen LogP contribution in [0.15, 0.2) is 30.3 Å². The van der Waals surface area contributed by atoms with Crippen LogP contribution in [0, 0.1) is 0 Å². The number of rotatable bonds is 2. The molecule has 0 saturated carbocycles. The molecule has 1 atom stereocenters. The van der Waals surface area contributed by atoms with E-state index in [-0.39, 0.29) is 17.7 Å². The first-order valence-corrected chi connectivity index (χ1v) is 7.58. The van der Waals surface area contributed by atoms with Crippen molar-refractivity contribution < 1.29 is 13.2 Å². The van der Waals surface area contributed by atoms with Crippen LogP contribution in [0.25, 0.3) is 0 Å². The molecule has 0 radical (unpaired) electrons. The van der Waals surface area contributed by atoms with Gasteiger partial charge in [0.1, 0.15) is 0 Å². The predicted octanol–water partition coefficient (Wildman–Crippen LogP) is 1.38. The first-order valence-electron chi connectivity index (χ1n) is 5.93. The van der Waals surface area contributed by atoms with Gasteiger partial charge >= 0.3 is 0 Å². The van der Waals surface area contributed by atoms with Gasteiger partial charge in [0.2, 0.25) is 0 Å². The quantitative estimate of drug-likeness (QED) is 0.880. The third-order valence-corrected chi connectivity index (χ3v) is 6.32. The third-order valence-electron chi connectivity index (χ3n) is 3.66. The van der Waals surface area contributed by atoms with Gasteiger partial charge < -0.3 is 5.32 Å². The first kappa shape index (κ1) is 13.1. The number of carbonyl (C=O) groups is 1. The molecule has 1 aliphatic rings. The molecule has 1 aliphatic heterocycles. The highest BCUT2D eigenvalue weighted by Gasteiger charge is 2.48. The van der Waals surface area contributed by atoms with Crippen molar-refractivity contribution in [2.24, 2.45) is 0 Å². The fourth-order valence-corrected chi connectivity index (χ4v) is 3.86. The van der Waals surface area contributed by atoms with Crippen LogP contribution in [0.2, 0.25) is 0 Å². The minimum Gasteiger partial charge on any atom is -0.348 e. The van der Waals surface area contributed by atoms with Crippen molar-refractivity contribution >= 4 is 15.7 Å². The van der Waals surface area contributed by atoms with Crippen LogP contribution in [0.1, 0.15) is 30.6 Å². The fourth-order valence-electron chi connectivity index (χ4n) is 2.18. The molecule has 1 fully saturated rings. The Hall–Kier alpha value is -1.36. The zero-order chi connectivity index (χ0) is 13.4. The summed E-state index contributed by atoms with van der Waals surface area (Å²) in [6, 6.07) is 8.50. The van der Waals surface area contributed by atoms with Crippen LogP contribution >= 0.6 is 0 Å². The average molecular weight is 267 g/mol. The smallest absolute Gasteiger partial charge is 0.251 e. The van der Waals surface area contributed by atoms with E-state index in [4.69, 9.17) is 0 Å². The molecule has 1 heterocycles. The average Bonchev–Trinajstić information content (AvgIpc) is 2.53. The number of sulfone groups is 1. The number of hydrogen-bond donors (Lipinski definition) is 1. The zero-order valence-corrected chi connectivity index (χ0v) is 11.3. The van der Waals surface area contributed by atoms with Crippen molar-refractivity contribution in [3.8, 4) is 0 Å². The van der Waals surface area contributed by atoms with Crippen molar-refractivity contribution in [3.05, 3.63) is 35.9 Å². The van der Waals surface area contributed by atoms with Crippen LogP contribution in [0.3, 0.4) is 0 Å². The lowest BCUT2D eigenvalue weighted by atomic mass is 10.0. The van der Waals surface area contributed by atoms with Gasteiger partial charge in [0.05, 0.1) is 10.5 Å². The lowest BCUT2D eigenvalue weighted by Gasteiger charge is -2.26. The lowest BCUT2D eigenvalue weighted by molar-refractivity contribution is 0.0931. The fraction of sp³-hybridized carbons (Fsp3) is 0.462. The SMILES string of the molecule is CC1(C)C(NC(=O)c2ccccc2)CCS1(=O)=O. The second kappa shape index (κ2) is 4.39. The molecule has 0 aliphatic carbocycles. The minimum atomic E-state index is -3.12. The van der Waals surface area contributed by atoms with Crippen LogP contribution in [-0.2, 0) is 9.84 Å². The molecule has 0 bridgehead atoms. The summed E-state index contributed by atoms with van der Waals surface area (Å²) in [5, 5.41) is 2.82. The lowest BCUT2D eigenvalue weighted by Crippen LogP contribution is -2.48. The highest BCUT2D eigenvalue weighted by Crippen LogP contribution is 2.31. The summed E-state index contributed by atoms with van der Waals surface area (Å²) in [6.45, 7) is 3.34. The molecule has 4 nitrogen and oxygen atoms in total. The van der Waals surface area contributed by atoms with Crippen molar-refractivity contribution in [1.82, 2.24) is 5.32 Å². The summed E-state index contributed by atoms with van der Waals surface area (Å²) in [6.07, 6.45) is 0.480. The molecule has 1 aromatic rings. The van der Waals surface area contributed by atoms with Crippen LogP contribution < -0.4 is 5.32 Å². The van der Waals surface area contributed by atoms with Crippen LogP contribution in [-0.4, -0.2) is 30.9 Å². The largest absolute Gasteiger partial charge is 0.348 e. The molecule has 5 heteroatoms. The van der Waals surface area contributed by atoms with E-state index in [1.807, 2.05) is 6.07 Å². The summed E-state index contributed by atoms with van der Waals surface area (Å²) in [5.41, 5.74) is 0.553. The summed E-state index contributed by atoms with van der Waals surface area (Å²) in [7, 11) is -3.12. The number of benzene rings is 1. The highest BCUT2D eigenvalue weighted by atomic mass is 32.2. The van der Waals surface area contributed by atoms with Gasteiger partial charge in [-0.05, 0) is 32.4 Å². The van der Waals surface area contributed by atoms with Gasteiger partial charge in [-0.3, -0.25) is 4.79 Å². The number of amides is 1. The van der Waals surface area contributed by atoms with E-state index in [0.717, 1.165) is 0 Å². The van der Waals surface area contributed by atoms with E-state index in [0.29, 0.717) is 12.0 Å². The number of nitrogens with one attached hydrogen (secondary N) is 1. The third kappa shape index (κ3) is 2.14. The van der Waals surface area contributed by atoms with E-state index in [1.165, 1.54) is 0 Å². The number of hydrogen-bond acceptors (Lipinski definition) is 3. The predicted molar refractivity (Wildman–Crippen MR) is 70.2 cm³/mol. The molecule has 98 valence electrons. The zero-order valence-electron chi connectivity index (χ0n) is 10.5. The Morgan fingerprint density at radius 3 is 2.39 bits per heavy atom. The van der Waals surface area contributed by atoms with Gasteiger partial charge in [-0.1, -0.05) is 18.2 Å². The monoisotopic (exact) mass is 267 g/mol. The summed E-state index contributed by atoms with van der Waals surface area (Å²) in [4.78, 5) is 12.0. The Kier molecular flexibility index (Phi) is 3.19. The van der Waals surface area contributed by atoms with Gasteiger partial charge in [-0.25, -0.2) is 8.42 Å². The maximum atomic E-state index is 12.0. The molecular formula is C13H17NO3S. The van der Waals surface area contributed by atoms with Crippen molar-refractivity contribution in [3.63, 3.8) is 0 Å². The molecule has 0 aromatic heterocycles. The molecular weight excluding hydrogens is 250 g/mol. The molecule has 1 unspecified atom stereocenters. The second-order valence-corrected chi connectivity index (χ2v) is 7.79. The van der Waals surface area contributed by atoms with Crippen molar-refractivity contribution in [1.29, 1.82) is 0 Å². The topological polar surface area (TPSA) is 63.2 Å². The Labute approximate surface area is 107 Å². The summed E-state index contributed by atoms with van der Waals surface area (Å²) in [5.74, 6) is -0.0782. The first-order chi connectivity index (χ1) is 8.34. The normalized spacial score (nSPS) is 24.7. The molecule has 18 heavy (non-hydrogen) atoms. The minimum absolute atomic E-state index is 0.139. The van der Waals surface area contributed by atoms with E-state index >= 15 is 0 Å². The van der Waals surface area contributed by atoms with Gasteiger partial charge in [0.15, 0.2) is 9.84 Å². The summed E-state index contributed by atoms with van der Waals surface area (Å²) >= 11 is 0. The maximum Gasteiger partial charge on any atom is 0.251 e. The standard InChI is InChI=1S/C13H17NO3S/c1-13(2)11(8-9-18(13,16)17)14-12(15)10-6-4-3-5-7-10/h3-7,11H,8-9H2,1-2H3,(H,14,15). The van der Waals surface area contributed by atoms with Gasteiger partial charge in [-0.15, -0.1) is 0 Å². The molecule has 0 spiro atoms. The summed E-state index contributed by atoms with van der Waals surface area (Å²) < 4.78 is 22.8. The van der Waals surface area contributed by atoms with Gasteiger partial charge in [0, 0.05) is 11.6 Å². The van der Waals surface area contributed by atoms with E-state index in [9.17, 15) is 13.2 Å². The molecule has 1 saturated heterocycles. The maximum absolute atomic E-state index is 12.0. The Bertz CT molecular complexity index is 549. The highest BCUT2D eigenvalue weighted by molar-refractivity contribution is 7.93. The second-order valence-electron chi connectivity index (χ2n) is 5.10. The van der Waals surface area contributed by atoms with E-state index in [2.05, 4.69) is 5.32 Å². The molecule has 1 aromatic carbocycles. The Morgan fingerprint density at radius 2 is 1.89 bits per heavy atom. The molecule has 1 amide bonds. The van der Waals surface area contributed by atoms with Crippen molar-refractivity contribution in [2.45, 2.75) is 31.1 Å². The Morgan fingerprint density at radius 1 is 1.28 bits per heavy atom. The molecule has 2 rings (SSSR count). The number of carbonyl (C=O) groups excluding carboxylic acids is 1. The van der Waals surface area contributed by atoms with Crippen molar-refractivity contribution in [2.75, 3.05) is 5.75 Å². The van der Waals surface area contributed by atoms with E-state index < -0.39 is 14.6 Å². The Balaban J connectivity index is 2.15. The van der Waals surface area contributed by atoms with E-state index in [1.54, 1.807) is 38.1 Å². The molecule has 1 N–H and O–H groups in total. The van der Waals surface area contributed by atoms with Crippen LogP contribution in [0.4, 0.5) is 0 Å². The van der Waals surface area contributed by atoms with Crippen LogP contribution in [0.5, 0.6) is 0 Å².